The number of ether oxygens (including phenoxy) is 1. The Balaban J connectivity index is 1.70. The van der Waals surface area contributed by atoms with Gasteiger partial charge in [-0.05, 0) is 67.9 Å². The Hall–Kier alpha value is -1.71. The summed E-state index contributed by atoms with van der Waals surface area (Å²) in [5.74, 6) is 2.89. The van der Waals surface area contributed by atoms with Crippen LogP contribution in [0.25, 0.3) is 0 Å². The van der Waals surface area contributed by atoms with Gasteiger partial charge in [-0.2, -0.15) is 0 Å². The normalized spacial score (nSPS) is 36.0. The predicted molar refractivity (Wildman–Crippen MR) is 93.7 cm³/mol. The number of aromatic hydroxyl groups is 1. The third-order valence-electron chi connectivity index (χ3n) is 7.01. The van der Waals surface area contributed by atoms with E-state index < -0.39 is 0 Å². The highest BCUT2D eigenvalue weighted by Gasteiger charge is 2.54. The van der Waals surface area contributed by atoms with Crippen LogP contribution >= 0.6 is 0 Å². The van der Waals surface area contributed by atoms with E-state index in [9.17, 15) is 5.11 Å². The first-order valence-electron chi connectivity index (χ1n) is 9.09. The molecule has 4 unspecified atom stereocenters. The fraction of sp³-hybridized carbons (Fsp3) is 0.650. The largest absolute Gasteiger partial charge is 0.504 e. The first-order chi connectivity index (χ1) is 11.6. The predicted octanol–water partition coefficient (Wildman–Crippen LogP) is 4.26. The van der Waals surface area contributed by atoms with Gasteiger partial charge in [-0.3, -0.25) is 0 Å². The molecule has 4 atom stereocenters. The zero-order chi connectivity index (χ0) is 16.9. The van der Waals surface area contributed by atoms with E-state index in [-0.39, 0.29) is 5.41 Å². The monoisotopic (exact) mass is 329 g/mol. The summed E-state index contributed by atoms with van der Waals surface area (Å²) in [7, 11) is 3.27. The lowest BCUT2D eigenvalue weighted by Crippen LogP contribution is -2.42. The highest BCUT2D eigenvalue weighted by Crippen LogP contribution is 2.60. The van der Waals surface area contributed by atoms with Gasteiger partial charge in [0, 0.05) is 11.0 Å². The second-order valence-electron chi connectivity index (χ2n) is 7.82. The first kappa shape index (κ1) is 15.8. The van der Waals surface area contributed by atoms with Crippen LogP contribution in [-0.2, 0) is 11.3 Å². The Bertz CT molecular complexity index is 684. The van der Waals surface area contributed by atoms with Gasteiger partial charge in [0.15, 0.2) is 11.5 Å². The number of rotatable bonds is 2. The highest BCUT2D eigenvalue weighted by molar-refractivity contribution is 5.92. The van der Waals surface area contributed by atoms with E-state index in [0.717, 1.165) is 31.2 Å². The average molecular weight is 329 g/mol. The van der Waals surface area contributed by atoms with Gasteiger partial charge in [0.25, 0.3) is 0 Å². The SMILES string of the molecule is CO/N=C1\CCC2C3CCc4c(ccc(OC)c4O)C3CCC12C. The molecule has 0 bridgehead atoms. The van der Waals surface area contributed by atoms with Crippen molar-refractivity contribution in [3.05, 3.63) is 23.3 Å². The summed E-state index contributed by atoms with van der Waals surface area (Å²) in [6.45, 7) is 2.39. The first-order valence-corrected chi connectivity index (χ1v) is 9.09. The van der Waals surface area contributed by atoms with Crippen LogP contribution in [0.3, 0.4) is 0 Å². The highest BCUT2D eigenvalue weighted by atomic mass is 16.6. The molecule has 2 fully saturated rings. The smallest absolute Gasteiger partial charge is 0.161 e. The van der Waals surface area contributed by atoms with E-state index in [2.05, 4.69) is 18.1 Å². The molecule has 0 heterocycles. The fourth-order valence-electron chi connectivity index (χ4n) is 5.84. The van der Waals surface area contributed by atoms with Crippen molar-refractivity contribution in [2.75, 3.05) is 14.2 Å². The summed E-state index contributed by atoms with van der Waals surface area (Å²) in [6, 6.07) is 4.11. The van der Waals surface area contributed by atoms with Crippen molar-refractivity contribution >= 4 is 5.71 Å². The Morgan fingerprint density at radius 1 is 1.17 bits per heavy atom. The minimum Gasteiger partial charge on any atom is -0.504 e. The summed E-state index contributed by atoms with van der Waals surface area (Å²) < 4.78 is 5.29. The lowest BCUT2D eigenvalue weighted by Gasteiger charge is -2.49. The topological polar surface area (TPSA) is 51.0 Å². The van der Waals surface area contributed by atoms with Gasteiger partial charge in [0.05, 0.1) is 12.8 Å². The lowest BCUT2D eigenvalue weighted by atomic mass is 9.55. The third-order valence-corrected chi connectivity index (χ3v) is 7.01. The van der Waals surface area contributed by atoms with Gasteiger partial charge in [-0.25, -0.2) is 0 Å². The molecule has 4 heteroatoms. The summed E-state index contributed by atoms with van der Waals surface area (Å²) in [6.07, 6.45) is 6.71. The zero-order valence-electron chi connectivity index (χ0n) is 14.8. The maximum absolute atomic E-state index is 10.5. The van der Waals surface area contributed by atoms with Gasteiger partial charge >= 0.3 is 0 Å². The van der Waals surface area contributed by atoms with Crippen LogP contribution in [0.4, 0.5) is 0 Å². The van der Waals surface area contributed by atoms with Crippen LogP contribution in [0.1, 0.15) is 56.1 Å². The van der Waals surface area contributed by atoms with Crippen molar-refractivity contribution in [2.24, 2.45) is 22.4 Å². The van der Waals surface area contributed by atoms with Gasteiger partial charge in [0.2, 0.25) is 0 Å². The number of oxime groups is 1. The molecular formula is C20H27NO3. The fourth-order valence-corrected chi connectivity index (χ4v) is 5.84. The summed E-state index contributed by atoms with van der Waals surface area (Å²) >= 11 is 0. The Morgan fingerprint density at radius 3 is 2.75 bits per heavy atom. The van der Waals surface area contributed by atoms with E-state index in [0.29, 0.717) is 29.3 Å². The van der Waals surface area contributed by atoms with E-state index in [1.165, 1.54) is 24.1 Å². The number of hydrogen-bond acceptors (Lipinski definition) is 4. The zero-order valence-corrected chi connectivity index (χ0v) is 14.8. The molecule has 2 saturated carbocycles. The minimum absolute atomic E-state index is 0.198. The summed E-state index contributed by atoms with van der Waals surface area (Å²) in [4.78, 5) is 5.11. The van der Waals surface area contributed by atoms with E-state index in [1.54, 1.807) is 14.2 Å². The number of hydrogen-bond donors (Lipinski definition) is 1. The van der Waals surface area contributed by atoms with Crippen molar-refractivity contribution in [3.8, 4) is 11.5 Å². The molecule has 3 aliphatic rings. The molecule has 130 valence electrons. The molecule has 0 aliphatic heterocycles. The van der Waals surface area contributed by atoms with Crippen LogP contribution in [0.2, 0.25) is 0 Å². The molecule has 0 radical (unpaired) electrons. The van der Waals surface area contributed by atoms with Crippen LogP contribution in [0, 0.1) is 17.3 Å². The molecule has 0 aromatic heterocycles. The number of phenolic OH excluding ortho intramolecular Hbond substituents is 1. The molecular weight excluding hydrogens is 302 g/mol. The Labute approximate surface area is 143 Å². The molecule has 0 spiro atoms. The van der Waals surface area contributed by atoms with Crippen LogP contribution in [0.5, 0.6) is 11.5 Å². The summed E-state index contributed by atoms with van der Waals surface area (Å²) in [5, 5.41) is 14.9. The second-order valence-corrected chi connectivity index (χ2v) is 7.82. The van der Waals surface area contributed by atoms with Gasteiger partial charge in [-0.15, -0.1) is 0 Å². The Kier molecular flexibility index (Phi) is 3.74. The number of phenols is 1. The van der Waals surface area contributed by atoms with Gasteiger partial charge in [0.1, 0.15) is 7.11 Å². The minimum atomic E-state index is 0.198. The number of methoxy groups -OCH3 is 1. The van der Waals surface area contributed by atoms with Crippen LogP contribution in [-0.4, -0.2) is 25.0 Å². The molecule has 0 saturated heterocycles. The van der Waals surface area contributed by atoms with Crippen molar-refractivity contribution in [2.45, 2.75) is 51.4 Å². The quantitative estimate of drug-likeness (QED) is 0.825. The average Bonchev–Trinajstić information content (AvgIpc) is 2.92. The molecule has 4 nitrogen and oxygen atoms in total. The summed E-state index contributed by atoms with van der Waals surface area (Å²) in [5.41, 5.74) is 3.92. The van der Waals surface area contributed by atoms with E-state index in [4.69, 9.17) is 9.57 Å². The molecule has 24 heavy (non-hydrogen) atoms. The molecule has 1 N–H and O–H groups in total. The molecule has 4 rings (SSSR count). The van der Waals surface area contributed by atoms with Gasteiger partial charge in [-0.1, -0.05) is 18.1 Å². The van der Waals surface area contributed by atoms with Crippen molar-refractivity contribution in [1.82, 2.24) is 0 Å². The standard InChI is InChI=1S/C20H27NO3/c1-20-11-10-13-12-6-8-17(23-2)19(22)15(12)5-4-14(13)16(20)7-9-18(20)21-24-3/h6,8,13-14,16,22H,4-5,7,9-11H2,1-3H3/b21-18+. The maximum Gasteiger partial charge on any atom is 0.161 e. The molecule has 3 aliphatic carbocycles. The lowest BCUT2D eigenvalue weighted by molar-refractivity contribution is 0.0919. The Morgan fingerprint density at radius 2 is 2.00 bits per heavy atom. The molecule has 1 aromatic rings. The van der Waals surface area contributed by atoms with Crippen LogP contribution in [0.15, 0.2) is 17.3 Å². The number of benzene rings is 1. The van der Waals surface area contributed by atoms with Crippen molar-refractivity contribution < 1.29 is 14.7 Å². The van der Waals surface area contributed by atoms with Crippen LogP contribution < -0.4 is 4.74 Å². The van der Waals surface area contributed by atoms with Crippen molar-refractivity contribution in [3.63, 3.8) is 0 Å². The number of fused-ring (bicyclic) bond motifs is 5. The van der Waals surface area contributed by atoms with E-state index >= 15 is 0 Å². The van der Waals surface area contributed by atoms with Crippen molar-refractivity contribution in [1.29, 1.82) is 0 Å². The number of nitrogens with zero attached hydrogens (tertiary/aromatic N) is 1. The maximum atomic E-state index is 10.5. The second kappa shape index (κ2) is 5.68. The third kappa shape index (κ3) is 2.08. The van der Waals surface area contributed by atoms with Gasteiger partial charge < -0.3 is 14.7 Å². The molecule has 1 aromatic carbocycles. The van der Waals surface area contributed by atoms with E-state index in [1.807, 2.05) is 6.07 Å². The molecule has 0 amide bonds.